The third-order valence-electron chi connectivity index (χ3n) is 7.26. The van der Waals surface area contributed by atoms with Crippen molar-refractivity contribution in [3.05, 3.63) is 54.4 Å². The minimum absolute atomic E-state index is 0.0298. The highest BCUT2D eigenvalue weighted by Gasteiger charge is 2.56. The van der Waals surface area contributed by atoms with Gasteiger partial charge in [0.1, 0.15) is 0 Å². The van der Waals surface area contributed by atoms with E-state index in [0.717, 1.165) is 12.0 Å². The van der Waals surface area contributed by atoms with Gasteiger partial charge in [0.15, 0.2) is 0 Å². The quantitative estimate of drug-likeness (QED) is 0.634. The van der Waals surface area contributed by atoms with Crippen LogP contribution in [0.25, 0.3) is 0 Å². The van der Waals surface area contributed by atoms with E-state index in [1.54, 1.807) is 30.6 Å². The zero-order valence-electron chi connectivity index (χ0n) is 18.1. The van der Waals surface area contributed by atoms with E-state index in [0.29, 0.717) is 35.4 Å². The number of pyridine rings is 1. The van der Waals surface area contributed by atoms with Crippen molar-refractivity contribution in [2.24, 2.45) is 23.2 Å². The summed E-state index contributed by atoms with van der Waals surface area (Å²) < 4.78 is 28.7. The molecule has 3 aliphatic carbocycles. The number of anilines is 1. The third-order valence-corrected chi connectivity index (χ3v) is 8.76. The van der Waals surface area contributed by atoms with Gasteiger partial charge in [0.2, 0.25) is 10.0 Å². The molecule has 7 nitrogen and oxygen atoms in total. The Morgan fingerprint density at radius 1 is 1.16 bits per heavy atom. The van der Waals surface area contributed by atoms with E-state index in [-0.39, 0.29) is 17.0 Å². The molecule has 0 aliphatic heterocycles. The van der Waals surface area contributed by atoms with E-state index in [4.69, 9.17) is 0 Å². The molecule has 5 rings (SSSR count). The van der Waals surface area contributed by atoms with E-state index < -0.39 is 10.0 Å². The van der Waals surface area contributed by atoms with Crippen LogP contribution in [0.2, 0.25) is 0 Å². The topological polar surface area (TPSA) is 100 Å². The first-order valence-electron chi connectivity index (χ1n) is 10.7. The maximum Gasteiger partial charge on any atom is 0.319 e. The van der Waals surface area contributed by atoms with Gasteiger partial charge in [-0.2, -0.15) is 0 Å². The molecule has 0 saturated heterocycles. The van der Waals surface area contributed by atoms with Crippen LogP contribution in [-0.2, 0) is 16.6 Å². The lowest BCUT2D eigenvalue weighted by atomic mass is 9.45. The molecule has 3 fully saturated rings. The van der Waals surface area contributed by atoms with Gasteiger partial charge in [-0.1, -0.05) is 26.8 Å². The number of amides is 2. The van der Waals surface area contributed by atoms with Gasteiger partial charge in [-0.05, 0) is 71.9 Å². The van der Waals surface area contributed by atoms with Crippen LogP contribution in [-0.4, -0.2) is 25.5 Å². The first-order valence-corrected chi connectivity index (χ1v) is 12.2. The SMILES string of the molecule is C[C@@H]1[C@@H](NS(=O)(=O)c2ccc(NC(=O)NCc3cccnc3)cc2)C[C@H]2C[C@@H]1C2(C)C. The standard InChI is InChI=1S/C23H30N4O3S/c1-15-20-11-17(23(20,2)3)12-21(15)27-31(29,30)19-8-6-18(7-9-19)26-22(28)25-14-16-5-4-10-24-13-16/h4-10,13,15,17,20-21,27H,11-12,14H2,1-3H3,(H2,25,26,28)/t15-,17+,20-,21-/m0/s1. The number of aromatic nitrogens is 1. The average Bonchev–Trinajstić information content (AvgIpc) is 2.74. The summed E-state index contributed by atoms with van der Waals surface area (Å²) in [6, 6.07) is 9.53. The van der Waals surface area contributed by atoms with Gasteiger partial charge in [0.05, 0.1) is 4.90 Å². The smallest absolute Gasteiger partial charge is 0.319 e. The van der Waals surface area contributed by atoms with E-state index in [1.807, 2.05) is 6.07 Å². The van der Waals surface area contributed by atoms with Crippen molar-refractivity contribution in [2.45, 2.75) is 51.1 Å². The molecule has 0 radical (unpaired) electrons. The number of fused-ring (bicyclic) bond motifs is 2. The van der Waals surface area contributed by atoms with E-state index in [2.05, 4.69) is 41.1 Å². The minimum Gasteiger partial charge on any atom is -0.334 e. The molecule has 1 aromatic heterocycles. The maximum atomic E-state index is 12.9. The lowest BCUT2D eigenvalue weighted by molar-refractivity contribution is -0.111. The highest BCUT2D eigenvalue weighted by atomic mass is 32.2. The summed E-state index contributed by atoms with van der Waals surface area (Å²) in [4.78, 5) is 16.3. The first kappa shape index (κ1) is 21.8. The molecule has 4 atom stereocenters. The van der Waals surface area contributed by atoms with Gasteiger partial charge in [0, 0.05) is 30.7 Å². The Hall–Kier alpha value is -2.45. The summed E-state index contributed by atoms with van der Waals surface area (Å²) in [5, 5.41) is 5.46. The van der Waals surface area contributed by atoms with Crippen molar-refractivity contribution >= 4 is 21.7 Å². The van der Waals surface area contributed by atoms with E-state index >= 15 is 0 Å². The van der Waals surface area contributed by atoms with Gasteiger partial charge in [-0.15, -0.1) is 0 Å². The Bertz CT molecular complexity index is 1040. The number of urea groups is 1. The predicted molar refractivity (Wildman–Crippen MR) is 120 cm³/mol. The second-order valence-electron chi connectivity index (χ2n) is 9.38. The van der Waals surface area contributed by atoms with Crippen LogP contribution in [0, 0.1) is 23.2 Å². The molecule has 3 N–H and O–H groups in total. The minimum atomic E-state index is -3.61. The lowest BCUT2D eigenvalue weighted by Gasteiger charge is -2.62. The summed E-state index contributed by atoms with van der Waals surface area (Å²) in [7, 11) is -3.61. The van der Waals surface area contributed by atoms with Crippen molar-refractivity contribution in [1.82, 2.24) is 15.0 Å². The molecule has 2 aromatic rings. The number of nitrogens with zero attached hydrogens (tertiary/aromatic N) is 1. The van der Waals surface area contributed by atoms with Gasteiger partial charge < -0.3 is 10.6 Å². The highest BCUT2D eigenvalue weighted by molar-refractivity contribution is 7.89. The van der Waals surface area contributed by atoms with Gasteiger partial charge in [-0.3, -0.25) is 4.98 Å². The molecule has 166 valence electrons. The van der Waals surface area contributed by atoms with Crippen molar-refractivity contribution in [3.8, 4) is 0 Å². The number of nitrogens with one attached hydrogen (secondary N) is 3. The monoisotopic (exact) mass is 442 g/mol. The van der Waals surface area contributed by atoms with E-state index in [9.17, 15) is 13.2 Å². The zero-order chi connectivity index (χ0) is 22.2. The molecule has 0 unspecified atom stereocenters. The Kier molecular flexibility index (Phi) is 5.79. The number of sulfonamides is 1. The third kappa shape index (κ3) is 4.45. The van der Waals surface area contributed by atoms with Crippen molar-refractivity contribution in [1.29, 1.82) is 0 Å². The van der Waals surface area contributed by atoms with E-state index in [1.165, 1.54) is 18.6 Å². The average molecular weight is 443 g/mol. The predicted octanol–water partition coefficient (Wildman–Crippen LogP) is 3.75. The van der Waals surface area contributed by atoms with Gasteiger partial charge in [-0.25, -0.2) is 17.9 Å². The number of carbonyl (C=O) groups is 1. The van der Waals surface area contributed by atoms with Crippen molar-refractivity contribution in [2.75, 3.05) is 5.32 Å². The summed E-state index contributed by atoms with van der Waals surface area (Å²) in [5.41, 5.74) is 1.73. The molecular formula is C23H30N4O3S. The zero-order valence-corrected chi connectivity index (χ0v) is 18.9. The summed E-state index contributed by atoms with van der Waals surface area (Å²) >= 11 is 0. The highest BCUT2D eigenvalue weighted by Crippen LogP contribution is 2.61. The molecule has 2 bridgehead atoms. The molecule has 8 heteroatoms. The van der Waals surface area contributed by atoms with Crippen LogP contribution < -0.4 is 15.4 Å². The second kappa shape index (κ2) is 8.24. The van der Waals surface area contributed by atoms with Gasteiger partial charge >= 0.3 is 6.03 Å². The number of carbonyl (C=O) groups excluding carboxylic acids is 1. The Morgan fingerprint density at radius 3 is 2.52 bits per heavy atom. The van der Waals surface area contributed by atoms with Crippen LogP contribution in [0.1, 0.15) is 39.2 Å². The molecular weight excluding hydrogens is 412 g/mol. The number of benzene rings is 1. The lowest BCUT2D eigenvalue weighted by Crippen LogP contribution is -2.60. The van der Waals surface area contributed by atoms with Crippen molar-refractivity contribution in [3.63, 3.8) is 0 Å². The van der Waals surface area contributed by atoms with Crippen LogP contribution in [0.4, 0.5) is 10.5 Å². The Morgan fingerprint density at radius 2 is 1.90 bits per heavy atom. The maximum absolute atomic E-state index is 12.9. The second-order valence-corrected chi connectivity index (χ2v) is 11.1. The molecule has 1 heterocycles. The number of hydrogen-bond donors (Lipinski definition) is 3. The fourth-order valence-electron chi connectivity index (χ4n) is 5.15. The number of hydrogen-bond acceptors (Lipinski definition) is 4. The fourth-order valence-corrected chi connectivity index (χ4v) is 6.49. The normalized spacial score (nSPS) is 26.5. The molecule has 31 heavy (non-hydrogen) atoms. The molecule has 0 spiro atoms. The van der Waals surface area contributed by atoms with Crippen LogP contribution in [0.3, 0.4) is 0 Å². The Balaban J connectivity index is 1.33. The van der Waals surface area contributed by atoms with Gasteiger partial charge in [0.25, 0.3) is 0 Å². The molecule has 2 amide bonds. The van der Waals surface area contributed by atoms with Crippen LogP contribution >= 0.6 is 0 Å². The number of rotatable bonds is 6. The van der Waals surface area contributed by atoms with Crippen LogP contribution in [0.5, 0.6) is 0 Å². The van der Waals surface area contributed by atoms with Crippen molar-refractivity contribution < 1.29 is 13.2 Å². The van der Waals surface area contributed by atoms with Crippen LogP contribution in [0.15, 0.2) is 53.7 Å². The molecule has 3 saturated carbocycles. The largest absolute Gasteiger partial charge is 0.334 e. The molecule has 3 aliphatic rings. The Labute approximate surface area is 184 Å². The summed E-state index contributed by atoms with van der Waals surface area (Å²) in [6.45, 7) is 7.11. The fraction of sp³-hybridized carbons (Fsp3) is 0.478. The summed E-state index contributed by atoms with van der Waals surface area (Å²) in [6.07, 6.45) is 5.45. The molecule has 1 aromatic carbocycles. The first-order chi connectivity index (χ1) is 14.7. The summed E-state index contributed by atoms with van der Waals surface area (Å²) in [5.74, 6) is 1.47.